The predicted octanol–water partition coefficient (Wildman–Crippen LogP) is 5.23. The number of aromatic amines is 1. The van der Waals surface area contributed by atoms with Crippen molar-refractivity contribution in [2.75, 3.05) is 41.5 Å². The number of carbonyl (C=O) groups excluding carboxylic acids is 4. The minimum absolute atomic E-state index is 0.187. The highest BCUT2D eigenvalue weighted by Gasteiger charge is 2.40. The molecule has 0 saturated carbocycles. The van der Waals surface area contributed by atoms with Gasteiger partial charge in [0.1, 0.15) is 29.4 Å². The minimum atomic E-state index is -0.908. The fourth-order valence-electron chi connectivity index (χ4n) is 7.53. The van der Waals surface area contributed by atoms with E-state index in [9.17, 15) is 19.2 Å². The smallest absolute Gasteiger partial charge is 0.407 e. The minimum Gasteiger partial charge on any atom is -0.457 e. The number of hydrogen-bond donors (Lipinski definition) is 3. The third-order valence-electron chi connectivity index (χ3n) is 10.9. The number of allylic oxidation sites excluding steroid dienone is 1. The van der Waals surface area contributed by atoms with E-state index in [4.69, 9.17) is 28.7 Å². The van der Waals surface area contributed by atoms with Crippen molar-refractivity contribution in [3.05, 3.63) is 72.3 Å². The molecule has 16 nitrogen and oxygen atoms in total. The van der Waals surface area contributed by atoms with Crippen LogP contribution in [0, 0.1) is 0 Å². The first-order valence-electron chi connectivity index (χ1n) is 19.1. The van der Waals surface area contributed by atoms with Crippen molar-refractivity contribution in [3.63, 3.8) is 0 Å². The van der Waals surface area contributed by atoms with E-state index in [1.165, 1.54) is 28.4 Å². The number of alkyl carbamates (subject to hydrolysis) is 2. The van der Waals surface area contributed by atoms with Crippen LogP contribution in [0.5, 0.6) is 11.5 Å². The molecule has 304 valence electrons. The van der Waals surface area contributed by atoms with Crippen LogP contribution in [-0.2, 0) is 28.5 Å². The van der Waals surface area contributed by atoms with Crippen LogP contribution in [0.4, 0.5) is 9.59 Å². The zero-order chi connectivity index (χ0) is 40.6. The van der Waals surface area contributed by atoms with Crippen molar-refractivity contribution in [2.45, 2.75) is 82.3 Å². The molecule has 0 spiro atoms. The Hall–Kier alpha value is -5.74. The molecule has 0 bridgehead atoms. The van der Waals surface area contributed by atoms with E-state index in [1.807, 2.05) is 54.7 Å². The lowest BCUT2D eigenvalue weighted by Gasteiger charge is -2.31. The van der Waals surface area contributed by atoms with E-state index in [1.54, 1.807) is 29.8 Å². The van der Waals surface area contributed by atoms with Crippen molar-refractivity contribution in [1.29, 1.82) is 0 Å². The molecule has 1 aromatic heterocycles. The van der Waals surface area contributed by atoms with Gasteiger partial charge in [-0.15, -0.1) is 0 Å². The molecule has 2 aromatic carbocycles. The zero-order valence-corrected chi connectivity index (χ0v) is 33.2. The van der Waals surface area contributed by atoms with Gasteiger partial charge >= 0.3 is 12.2 Å². The van der Waals surface area contributed by atoms with Crippen molar-refractivity contribution >= 4 is 35.3 Å². The third kappa shape index (κ3) is 9.29. The van der Waals surface area contributed by atoms with E-state index < -0.39 is 36.5 Å². The molecule has 2 saturated heterocycles. The number of methoxy groups -OCH3 is 4. The molecular formula is C41H51N7O9. The van der Waals surface area contributed by atoms with E-state index in [0.717, 1.165) is 53.8 Å². The molecule has 0 aliphatic carbocycles. The van der Waals surface area contributed by atoms with Crippen molar-refractivity contribution in [3.8, 4) is 22.8 Å². The van der Waals surface area contributed by atoms with Gasteiger partial charge in [-0.1, -0.05) is 12.1 Å². The number of hydrogen-bond acceptors (Lipinski definition) is 11. The van der Waals surface area contributed by atoms with Gasteiger partial charge in [-0.05, 0) is 92.6 Å². The number of carbonyl (C=O) groups is 4. The second-order valence-corrected chi connectivity index (χ2v) is 14.3. The summed E-state index contributed by atoms with van der Waals surface area (Å²) in [6.07, 6.45) is 4.80. The highest BCUT2D eigenvalue weighted by molar-refractivity contribution is 6.04. The molecule has 0 radical (unpaired) electrons. The fourth-order valence-corrected chi connectivity index (χ4v) is 7.53. The summed E-state index contributed by atoms with van der Waals surface area (Å²) >= 11 is 0. The molecule has 4 amide bonds. The molecule has 1 unspecified atom stereocenters. The summed E-state index contributed by atoms with van der Waals surface area (Å²) in [6, 6.07) is 13.2. The highest BCUT2D eigenvalue weighted by Crippen LogP contribution is 2.35. The summed E-state index contributed by atoms with van der Waals surface area (Å²) in [5.41, 5.74) is 4.57. The number of ether oxygens (including phenoxy) is 5. The molecule has 3 aliphatic heterocycles. The van der Waals surface area contributed by atoms with Crippen LogP contribution in [0.25, 0.3) is 16.8 Å². The number of benzene rings is 2. The average molecular weight is 786 g/mol. The maximum absolute atomic E-state index is 13.7. The topological polar surface area (TPSA) is 186 Å². The lowest BCUT2D eigenvalue weighted by molar-refractivity contribution is -0.138. The number of nitrogens with zero attached hydrogens (tertiary/aromatic N) is 4. The molecule has 57 heavy (non-hydrogen) atoms. The van der Waals surface area contributed by atoms with Crippen molar-refractivity contribution in [2.24, 2.45) is 4.99 Å². The van der Waals surface area contributed by atoms with Gasteiger partial charge in [0.2, 0.25) is 11.8 Å². The second kappa shape index (κ2) is 18.5. The summed E-state index contributed by atoms with van der Waals surface area (Å²) in [4.78, 5) is 67.6. The molecule has 3 N–H and O–H groups in total. The van der Waals surface area contributed by atoms with Crippen LogP contribution in [0.1, 0.15) is 63.4 Å². The third-order valence-corrected chi connectivity index (χ3v) is 10.9. The first kappa shape index (κ1) is 40.9. The highest BCUT2D eigenvalue weighted by atomic mass is 16.5. The van der Waals surface area contributed by atoms with Crippen LogP contribution >= 0.6 is 0 Å². The van der Waals surface area contributed by atoms with Gasteiger partial charge < -0.3 is 49.1 Å². The van der Waals surface area contributed by atoms with Gasteiger partial charge in [-0.3, -0.25) is 14.6 Å². The van der Waals surface area contributed by atoms with Crippen molar-refractivity contribution < 1.29 is 42.9 Å². The fraction of sp³-hybridized carbons (Fsp3) is 0.463. The first-order valence-corrected chi connectivity index (χ1v) is 19.1. The second-order valence-electron chi connectivity index (χ2n) is 14.3. The monoisotopic (exact) mass is 785 g/mol. The van der Waals surface area contributed by atoms with Crippen LogP contribution in [0.15, 0.2) is 65.9 Å². The van der Waals surface area contributed by atoms with Gasteiger partial charge in [-0.25, -0.2) is 14.6 Å². The Labute approximate surface area is 331 Å². The number of H-pyrrole nitrogens is 1. The van der Waals surface area contributed by atoms with E-state index in [-0.39, 0.29) is 23.9 Å². The molecule has 16 heteroatoms. The summed E-state index contributed by atoms with van der Waals surface area (Å²) < 4.78 is 26.6. The predicted molar refractivity (Wildman–Crippen MR) is 211 cm³/mol. The largest absolute Gasteiger partial charge is 0.457 e. The van der Waals surface area contributed by atoms with Gasteiger partial charge in [0, 0.05) is 45.6 Å². The summed E-state index contributed by atoms with van der Waals surface area (Å²) in [6.45, 7) is 4.55. The van der Waals surface area contributed by atoms with Crippen molar-refractivity contribution in [1.82, 2.24) is 30.4 Å². The summed E-state index contributed by atoms with van der Waals surface area (Å²) in [5, 5.41) is 5.24. The zero-order valence-electron chi connectivity index (χ0n) is 33.2. The SMILES string of the molecule is COC(=O)N[C@H](C(=O)N1CCCC1C1=NC=C(c2cccc(Oc3ccc(-c4cnc([C@@H]5CCCN5C(=O)[C@@H](NC(=O)OC)[C@@H](C)OC)[nH]4)cc3)c2)C1)[C@@H](C)OC. The lowest BCUT2D eigenvalue weighted by atomic mass is 9.98. The number of nitrogens with one attached hydrogen (secondary N) is 3. The van der Waals surface area contributed by atoms with Gasteiger partial charge in [-0.2, -0.15) is 0 Å². The molecule has 2 fully saturated rings. The normalized spacial score (nSPS) is 19.9. The Balaban J connectivity index is 1.07. The van der Waals surface area contributed by atoms with Crippen LogP contribution in [0.2, 0.25) is 0 Å². The lowest BCUT2D eigenvalue weighted by Crippen LogP contribution is -2.56. The number of rotatable bonds is 14. The van der Waals surface area contributed by atoms with Crippen LogP contribution in [0.3, 0.4) is 0 Å². The van der Waals surface area contributed by atoms with E-state index >= 15 is 0 Å². The standard InChI is InChI=1S/C41H51N7O9/c1-24(53-3)35(45-40(51)55-5)38(49)47-18-8-12-33(47)31-21-28(22-42-31)27-10-7-11-30(20-27)57-29-16-14-26(15-17-29)32-23-43-37(44-32)34-13-9-19-48(34)39(50)36(25(2)54-4)46-41(52)56-6/h7,10-11,14-17,20,22-25,33-36H,8-9,12-13,18-19,21H2,1-6H3,(H,43,44)(H,45,51)(H,46,52)/t24-,25-,33?,34+,35+,36+/m1/s1. The molecular weight excluding hydrogens is 734 g/mol. The van der Waals surface area contributed by atoms with Gasteiger partial charge in [0.05, 0.1) is 50.4 Å². The Morgan fingerprint density at radius 3 is 1.96 bits per heavy atom. The number of amides is 4. The summed E-state index contributed by atoms with van der Waals surface area (Å²) in [7, 11) is 5.50. The Morgan fingerprint density at radius 2 is 1.37 bits per heavy atom. The molecule has 6 rings (SSSR count). The molecule has 6 atom stereocenters. The van der Waals surface area contributed by atoms with Gasteiger partial charge in [0.15, 0.2) is 0 Å². The number of aromatic nitrogens is 2. The van der Waals surface area contributed by atoms with Gasteiger partial charge in [0.25, 0.3) is 0 Å². The quantitative estimate of drug-likeness (QED) is 0.196. The van der Waals surface area contributed by atoms with Crippen LogP contribution < -0.4 is 15.4 Å². The number of aliphatic imine (C=N–C) groups is 1. The first-order chi connectivity index (χ1) is 27.5. The maximum Gasteiger partial charge on any atom is 0.407 e. The molecule has 3 aromatic rings. The molecule has 3 aliphatic rings. The summed E-state index contributed by atoms with van der Waals surface area (Å²) in [5.74, 6) is 1.49. The Bertz CT molecular complexity index is 1980. The Kier molecular flexibility index (Phi) is 13.3. The van der Waals surface area contributed by atoms with Crippen LogP contribution in [-0.4, -0.2) is 121 Å². The number of likely N-dealkylation sites (tertiary alicyclic amines) is 2. The Morgan fingerprint density at radius 1 is 0.772 bits per heavy atom. The molecule has 4 heterocycles. The average Bonchev–Trinajstić information content (AvgIpc) is 4.08. The van der Waals surface area contributed by atoms with E-state index in [2.05, 4.69) is 20.6 Å². The number of imidazole rings is 1. The van der Waals surface area contributed by atoms with E-state index in [0.29, 0.717) is 36.8 Å². The maximum atomic E-state index is 13.7.